The van der Waals surface area contributed by atoms with Crippen LogP contribution in [-0.4, -0.2) is 49.1 Å². The highest BCUT2D eigenvalue weighted by molar-refractivity contribution is 7.69. The Morgan fingerprint density at radius 1 is 0.286 bits per heavy atom. The number of benzene rings is 6. The molecule has 6 aromatic rings. The van der Waals surface area contributed by atoms with Crippen molar-refractivity contribution in [3.05, 3.63) is 129 Å². The van der Waals surface area contributed by atoms with E-state index < -0.39 is 15.8 Å². The fourth-order valence-corrected chi connectivity index (χ4v) is 41.0. The Labute approximate surface area is 683 Å². The van der Waals surface area contributed by atoms with Crippen molar-refractivity contribution in [2.75, 3.05) is 28.4 Å². The van der Waals surface area contributed by atoms with E-state index in [2.05, 4.69) is 182 Å². The Kier molecular flexibility index (Phi) is 22.5. The highest BCUT2D eigenvalue weighted by Crippen LogP contribution is 2.82. The molecule has 0 heterocycles. The summed E-state index contributed by atoms with van der Waals surface area (Å²) in [5.74, 6) is 17.8. The third-order valence-electron chi connectivity index (χ3n) is 32.6. The predicted octanol–water partition coefficient (Wildman–Crippen LogP) is 29.6. The van der Waals surface area contributed by atoms with Crippen LogP contribution in [0.25, 0.3) is 44.5 Å². The number of hydrogen-bond acceptors (Lipinski definition) is 4. The second-order valence-electron chi connectivity index (χ2n) is 42.6. The third-order valence-corrected chi connectivity index (χ3v) is 40.3. The molecule has 6 heteroatoms. The zero-order chi connectivity index (χ0) is 78.2. The van der Waals surface area contributed by atoms with Gasteiger partial charge in [-0.25, -0.2) is 0 Å². The smallest absolute Gasteiger partial charge is 0.127 e. The molecule has 16 fully saturated rings. The Morgan fingerprint density at radius 3 is 0.714 bits per heavy atom. The molecule has 112 heavy (non-hydrogen) atoms. The summed E-state index contributed by atoms with van der Waals surface area (Å²) in [6.45, 7) is 33.9. The summed E-state index contributed by atoms with van der Waals surface area (Å²) in [6, 6.07) is 34.1. The molecule has 0 saturated heterocycles. The van der Waals surface area contributed by atoms with E-state index in [1.165, 1.54) is 269 Å². The zero-order valence-electron chi connectivity index (χ0n) is 73.2. The lowest BCUT2D eigenvalue weighted by molar-refractivity contribution is 0.0192. The van der Waals surface area contributed by atoms with Gasteiger partial charge in [-0.1, -0.05) is 186 Å². The predicted molar refractivity (Wildman–Crippen MR) is 479 cm³/mol. The first kappa shape index (κ1) is 79.8. The summed E-state index contributed by atoms with van der Waals surface area (Å²) in [6.07, 6.45) is 42.8. The van der Waals surface area contributed by atoms with Gasteiger partial charge in [-0.05, 0) is 409 Å². The van der Waals surface area contributed by atoms with Gasteiger partial charge in [0.2, 0.25) is 0 Å². The normalized spacial score (nSPS) is 31.9. The van der Waals surface area contributed by atoms with Crippen LogP contribution in [-0.2, 0) is 12.8 Å². The molecule has 0 N–H and O–H groups in total. The van der Waals surface area contributed by atoms with Crippen LogP contribution in [0.2, 0.25) is 0 Å². The molecule has 0 aromatic heterocycles. The summed E-state index contributed by atoms with van der Waals surface area (Å²) in [5.41, 5.74) is 23.5. The molecule has 22 rings (SSSR count). The van der Waals surface area contributed by atoms with Crippen LogP contribution in [0.4, 0.5) is 0 Å². The van der Waals surface area contributed by atoms with E-state index in [0.717, 1.165) is 107 Å². The van der Waals surface area contributed by atoms with Crippen molar-refractivity contribution in [3.8, 4) is 67.5 Å². The van der Waals surface area contributed by atoms with Gasteiger partial charge in [-0.3, -0.25) is 0 Å². The van der Waals surface area contributed by atoms with E-state index in [-0.39, 0.29) is 0 Å². The number of unbranched alkanes of at least 4 members (excludes halogenated alkanes) is 2. The van der Waals surface area contributed by atoms with E-state index in [9.17, 15) is 0 Å². The molecule has 604 valence electrons. The largest absolute Gasteiger partial charge is 0.496 e. The maximum absolute atomic E-state index is 6.80. The summed E-state index contributed by atoms with van der Waals surface area (Å²) in [4.78, 5) is 0. The topological polar surface area (TPSA) is 36.9 Å². The molecule has 6 aromatic carbocycles. The van der Waals surface area contributed by atoms with Crippen molar-refractivity contribution in [2.24, 2.45) is 71.0 Å². The average molecular weight is 1550 g/mol. The molecule has 0 amide bonds. The third kappa shape index (κ3) is 14.1. The van der Waals surface area contributed by atoms with E-state index in [0.29, 0.717) is 56.1 Å². The number of rotatable bonds is 26. The van der Waals surface area contributed by atoms with Crippen molar-refractivity contribution in [3.63, 3.8) is 0 Å². The van der Waals surface area contributed by atoms with Gasteiger partial charge in [0.15, 0.2) is 0 Å². The SMILES string of the molecule is CCCCc1ccc(-c2c(C(C)C)cc(C(C)C)c(-c3c(OC)ccc(OC)c3P(C34CC5CC(CC(C5)C3)C4)C34CC5CC(CC(C5)C3)C4)c2C(C)C)cc1.CCCCc1ccc(-c2c(C(C)C)cc(C(C)C)c(-c3c(OC)ccc(OC)c3P(C34CC5CC(CC(C5)C3)C4)C34CC5CC(CC(C5)C3)C4)c2C(C)C)cc1. The summed E-state index contributed by atoms with van der Waals surface area (Å²) in [7, 11) is 6.76. The molecule has 0 radical (unpaired) electrons. The molecule has 16 saturated carbocycles. The number of methoxy groups -OCH3 is 4. The maximum Gasteiger partial charge on any atom is 0.127 e. The monoisotopic (exact) mass is 1550 g/mol. The van der Waals surface area contributed by atoms with Crippen molar-refractivity contribution in [1.82, 2.24) is 0 Å². The quantitative estimate of drug-likeness (QED) is 0.0507. The fraction of sp³-hybridized carbons (Fsp3) is 0.660. The van der Waals surface area contributed by atoms with Gasteiger partial charge in [0, 0.05) is 21.7 Å². The number of hydrogen-bond donors (Lipinski definition) is 0. The van der Waals surface area contributed by atoms with Gasteiger partial charge in [-0.2, -0.15) is 0 Å². The Balaban J connectivity index is 0.000000163. The molecule has 0 spiro atoms. The lowest BCUT2D eigenvalue weighted by Gasteiger charge is -2.67. The van der Waals surface area contributed by atoms with E-state index in [4.69, 9.17) is 18.9 Å². The van der Waals surface area contributed by atoms with Crippen molar-refractivity contribution < 1.29 is 18.9 Å². The zero-order valence-corrected chi connectivity index (χ0v) is 75.0. The van der Waals surface area contributed by atoms with Gasteiger partial charge in [0.25, 0.3) is 0 Å². The van der Waals surface area contributed by atoms with Crippen LogP contribution in [0, 0.1) is 71.0 Å². The van der Waals surface area contributed by atoms with Crippen LogP contribution in [0.3, 0.4) is 0 Å². The summed E-state index contributed by atoms with van der Waals surface area (Å²) >= 11 is 0. The Morgan fingerprint density at radius 2 is 0.509 bits per heavy atom. The molecule has 4 nitrogen and oxygen atoms in total. The van der Waals surface area contributed by atoms with E-state index in [1.807, 2.05) is 28.4 Å². The molecule has 0 aliphatic heterocycles. The first-order valence-corrected chi connectivity index (χ1v) is 49.3. The maximum atomic E-state index is 6.80. The van der Waals surface area contributed by atoms with Gasteiger partial charge >= 0.3 is 0 Å². The van der Waals surface area contributed by atoms with Crippen molar-refractivity contribution in [2.45, 2.75) is 346 Å². The Hall–Kier alpha value is -4.62. The van der Waals surface area contributed by atoms with E-state index in [1.54, 1.807) is 10.6 Å². The first-order chi connectivity index (χ1) is 53.9. The van der Waals surface area contributed by atoms with Crippen LogP contribution in [0.1, 0.15) is 357 Å². The van der Waals surface area contributed by atoms with Gasteiger partial charge in [-0.15, -0.1) is 0 Å². The van der Waals surface area contributed by atoms with Gasteiger partial charge < -0.3 is 18.9 Å². The minimum absolute atomic E-state index is 0.338. The lowest BCUT2D eigenvalue weighted by Crippen LogP contribution is -2.58. The van der Waals surface area contributed by atoms with Crippen LogP contribution >= 0.6 is 15.8 Å². The summed E-state index contributed by atoms with van der Waals surface area (Å²) < 4.78 is 27.1. The second kappa shape index (κ2) is 31.6. The molecule has 0 unspecified atom stereocenters. The molecule has 0 atom stereocenters. The van der Waals surface area contributed by atoms with Crippen LogP contribution in [0.15, 0.2) is 84.9 Å². The number of aryl methyl sites for hydroxylation is 2. The lowest BCUT2D eigenvalue weighted by atomic mass is 9.55. The van der Waals surface area contributed by atoms with Gasteiger partial charge in [0.1, 0.15) is 23.0 Å². The highest BCUT2D eigenvalue weighted by atomic mass is 31.1. The van der Waals surface area contributed by atoms with Gasteiger partial charge in [0.05, 0.1) is 28.4 Å². The highest BCUT2D eigenvalue weighted by Gasteiger charge is 2.67. The molecule has 16 bridgehead atoms. The first-order valence-electron chi connectivity index (χ1n) is 46.6. The molecular weight excluding hydrogens is 1400 g/mol. The molecule has 16 aliphatic carbocycles. The van der Waals surface area contributed by atoms with Crippen LogP contribution in [0.5, 0.6) is 23.0 Å². The molecule has 16 aliphatic rings. The van der Waals surface area contributed by atoms with Crippen molar-refractivity contribution in [1.29, 1.82) is 0 Å². The Bertz CT molecular complexity index is 3880. The molecular formula is C106H146O4P2. The minimum Gasteiger partial charge on any atom is -0.496 e. The minimum atomic E-state index is -0.560. The van der Waals surface area contributed by atoms with Crippen LogP contribution < -0.4 is 29.6 Å². The number of ether oxygens (including phenoxy) is 4. The second-order valence-corrected chi connectivity index (χ2v) is 48.6. The standard InChI is InChI=1S/2C53H73O2P/c2*1-10-11-12-35-13-15-42(16-14-35)48-43(32(2)3)25-44(33(4)5)49(47(48)34(6)7)50-45(54-8)17-18-46(55-9)51(50)56(52-26-36-19-37(27-52)21-38(20-36)28-52)53-29-39-22-40(30-53)24-41(23-39)31-53/h2*13-18,25,32-34,36-41H,10-12,19-24,26-31H2,1-9H3. The van der Waals surface area contributed by atoms with Crippen molar-refractivity contribution >= 4 is 26.5 Å². The average Bonchev–Trinajstić information content (AvgIpc) is 0.691. The summed E-state index contributed by atoms with van der Waals surface area (Å²) in [5, 5.41) is 4.88. The fourth-order valence-electron chi connectivity index (χ4n) is 30.1. The van der Waals surface area contributed by atoms with E-state index >= 15 is 0 Å².